The van der Waals surface area contributed by atoms with Gasteiger partial charge in [-0.15, -0.1) is 0 Å². The van der Waals surface area contributed by atoms with Gasteiger partial charge in [0.2, 0.25) is 0 Å². The van der Waals surface area contributed by atoms with Gasteiger partial charge in [0.25, 0.3) is 0 Å². The molecular weight excluding hydrogens is 202 g/mol. The summed E-state index contributed by atoms with van der Waals surface area (Å²) in [5.74, 6) is 0.698. The van der Waals surface area contributed by atoms with Crippen LogP contribution in [0.2, 0.25) is 0 Å². The molecule has 1 atom stereocenters. The van der Waals surface area contributed by atoms with Crippen molar-refractivity contribution < 1.29 is 4.74 Å². The fraction of sp³-hybridized carbons (Fsp3) is 0.167. The minimum atomic E-state index is -0.954. The van der Waals surface area contributed by atoms with Crippen molar-refractivity contribution in [1.82, 2.24) is 0 Å². The zero-order valence-electron chi connectivity index (χ0n) is 8.89. The second-order valence-corrected chi connectivity index (χ2v) is 3.91. The van der Waals surface area contributed by atoms with Gasteiger partial charge < -0.3 is 16.2 Å². The van der Waals surface area contributed by atoms with Gasteiger partial charge in [-0.2, -0.15) is 0 Å². The Kier molecular flexibility index (Phi) is 2.58. The van der Waals surface area contributed by atoms with E-state index in [4.69, 9.17) is 21.9 Å². The third kappa shape index (κ3) is 2.35. The minimum Gasteiger partial charge on any atom is -0.469 e. The molecule has 0 saturated heterocycles. The zero-order chi connectivity index (χ0) is 11.6. The van der Waals surface area contributed by atoms with Crippen molar-refractivity contribution in [3.8, 4) is 5.75 Å². The van der Waals surface area contributed by atoms with E-state index in [1.54, 1.807) is 12.2 Å². The van der Waals surface area contributed by atoms with Gasteiger partial charge in [0.15, 0.2) is 5.72 Å². The van der Waals surface area contributed by atoms with E-state index in [2.05, 4.69) is 0 Å². The summed E-state index contributed by atoms with van der Waals surface area (Å²) in [6.07, 6.45) is 3.80. The molecule has 1 aromatic carbocycles. The summed E-state index contributed by atoms with van der Waals surface area (Å²) >= 11 is 0. The van der Waals surface area contributed by atoms with Crippen LogP contribution in [0.25, 0.3) is 0 Å². The first-order valence-electron chi connectivity index (χ1n) is 5.05. The Morgan fingerprint density at radius 2 is 1.81 bits per heavy atom. The highest BCUT2D eigenvalue weighted by Gasteiger charge is 2.28. The second-order valence-electron chi connectivity index (χ2n) is 3.91. The lowest BCUT2D eigenvalue weighted by atomic mass is 10.0. The van der Waals surface area contributed by atoms with Crippen molar-refractivity contribution in [2.75, 3.05) is 0 Å². The van der Waals surface area contributed by atoms with E-state index in [1.807, 2.05) is 30.3 Å². The molecular formula is C12H15N3O. The largest absolute Gasteiger partial charge is 0.469 e. The molecule has 1 aromatic rings. The maximum atomic E-state index is 6.07. The number of para-hydroxylation sites is 1. The minimum absolute atomic E-state index is 0.433. The normalized spacial score (nSPS) is 24.6. The molecule has 16 heavy (non-hydrogen) atoms. The molecule has 1 aliphatic rings. The first-order valence-corrected chi connectivity index (χ1v) is 5.05. The molecule has 0 fully saturated rings. The average molecular weight is 217 g/mol. The molecule has 0 bridgehead atoms. The van der Waals surface area contributed by atoms with Crippen LogP contribution < -0.4 is 21.9 Å². The summed E-state index contributed by atoms with van der Waals surface area (Å²) in [5.41, 5.74) is 17.7. The predicted octanol–water partition coefficient (Wildman–Crippen LogP) is 0.809. The van der Waals surface area contributed by atoms with E-state index in [-0.39, 0.29) is 0 Å². The SMILES string of the molecule is NC1=CC(N)(Oc2ccccc2)CC(N)=C1. The molecule has 0 saturated carbocycles. The predicted molar refractivity (Wildman–Crippen MR) is 63.1 cm³/mol. The van der Waals surface area contributed by atoms with Crippen molar-refractivity contribution in [3.63, 3.8) is 0 Å². The highest BCUT2D eigenvalue weighted by molar-refractivity contribution is 5.32. The molecule has 0 aromatic heterocycles. The fourth-order valence-electron chi connectivity index (χ4n) is 1.73. The van der Waals surface area contributed by atoms with Gasteiger partial charge in [0.05, 0.1) is 0 Å². The first-order chi connectivity index (χ1) is 7.57. The van der Waals surface area contributed by atoms with E-state index in [0.29, 0.717) is 23.6 Å². The molecule has 84 valence electrons. The Bertz CT molecular complexity index is 439. The van der Waals surface area contributed by atoms with Crippen molar-refractivity contribution in [3.05, 3.63) is 53.9 Å². The molecule has 0 spiro atoms. The van der Waals surface area contributed by atoms with Crippen LogP contribution in [-0.4, -0.2) is 5.72 Å². The Hall–Kier alpha value is -1.94. The zero-order valence-corrected chi connectivity index (χ0v) is 8.89. The van der Waals surface area contributed by atoms with E-state index >= 15 is 0 Å². The summed E-state index contributed by atoms with van der Waals surface area (Å²) in [6, 6.07) is 9.36. The van der Waals surface area contributed by atoms with Crippen LogP contribution in [-0.2, 0) is 0 Å². The lowest BCUT2D eigenvalue weighted by Gasteiger charge is -2.30. The quantitative estimate of drug-likeness (QED) is 0.640. The van der Waals surface area contributed by atoms with Crippen LogP contribution in [0.3, 0.4) is 0 Å². The number of hydrogen-bond donors (Lipinski definition) is 3. The first kappa shape index (κ1) is 10.6. The molecule has 0 radical (unpaired) electrons. The molecule has 1 unspecified atom stereocenters. The van der Waals surface area contributed by atoms with Crippen molar-refractivity contribution >= 4 is 0 Å². The number of hydrogen-bond acceptors (Lipinski definition) is 4. The third-order valence-electron chi connectivity index (χ3n) is 2.29. The van der Waals surface area contributed by atoms with Crippen molar-refractivity contribution in [2.24, 2.45) is 17.2 Å². The van der Waals surface area contributed by atoms with Crippen molar-refractivity contribution in [1.29, 1.82) is 0 Å². The van der Waals surface area contributed by atoms with Gasteiger partial charge in [-0.1, -0.05) is 18.2 Å². The highest BCUT2D eigenvalue weighted by Crippen LogP contribution is 2.24. The number of nitrogens with two attached hydrogens (primary N) is 3. The smallest absolute Gasteiger partial charge is 0.185 e. The van der Waals surface area contributed by atoms with Crippen LogP contribution in [0.5, 0.6) is 5.75 Å². The summed E-state index contributed by atoms with van der Waals surface area (Å²) in [6.45, 7) is 0. The fourth-order valence-corrected chi connectivity index (χ4v) is 1.73. The lowest BCUT2D eigenvalue weighted by molar-refractivity contribution is 0.124. The number of benzene rings is 1. The third-order valence-corrected chi connectivity index (χ3v) is 2.29. The molecule has 4 heteroatoms. The molecule has 4 nitrogen and oxygen atoms in total. The highest BCUT2D eigenvalue weighted by atomic mass is 16.5. The van der Waals surface area contributed by atoms with Crippen LogP contribution in [0.4, 0.5) is 0 Å². The van der Waals surface area contributed by atoms with Crippen molar-refractivity contribution in [2.45, 2.75) is 12.1 Å². The lowest BCUT2D eigenvalue weighted by Crippen LogP contribution is -2.47. The van der Waals surface area contributed by atoms with Gasteiger partial charge in [-0.05, 0) is 24.3 Å². The summed E-state index contributed by atoms with van der Waals surface area (Å²) < 4.78 is 5.68. The summed E-state index contributed by atoms with van der Waals surface area (Å²) in [4.78, 5) is 0. The van der Waals surface area contributed by atoms with Gasteiger partial charge >= 0.3 is 0 Å². The summed E-state index contributed by atoms with van der Waals surface area (Å²) in [7, 11) is 0. The molecule has 0 amide bonds. The van der Waals surface area contributed by atoms with E-state index in [9.17, 15) is 0 Å². The van der Waals surface area contributed by atoms with Gasteiger partial charge in [-0.3, -0.25) is 5.73 Å². The monoisotopic (exact) mass is 217 g/mol. The topological polar surface area (TPSA) is 87.3 Å². The van der Waals surface area contributed by atoms with Crippen LogP contribution in [0, 0.1) is 0 Å². The molecule has 0 heterocycles. The summed E-state index contributed by atoms with van der Waals surface area (Å²) in [5, 5.41) is 0. The number of allylic oxidation sites excluding steroid dienone is 1. The molecule has 2 rings (SSSR count). The van der Waals surface area contributed by atoms with E-state index in [0.717, 1.165) is 0 Å². The van der Waals surface area contributed by atoms with Gasteiger partial charge in [-0.25, -0.2) is 0 Å². The van der Waals surface area contributed by atoms with Gasteiger partial charge in [0, 0.05) is 17.8 Å². The maximum absolute atomic E-state index is 6.07. The molecule has 1 aliphatic carbocycles. The number of ether oxygens (including phenoxy) is 1. The van der Waals surface area contributed by atoms with Gasteiger partial charge in [0.1, 0.15) is 5.75 Å². The molecule has 0 aliphatic heterocycles. The maximum Gasteiger partial charge on any atom is 0.185 e. The Balaban J connectivity index is 2.19. The number of rotatable bonds is 2. The van der Waals surface area contributed by atoms with E-state index < -0.39 is 5.72 Å². The molecule has 6 N–H and O–H groups in total. The standard InChI is InChI=1S/C12H15N3O/c13-9-6-10(14)8-12(15,7-9)16-11-4-2-1-3-5-11/h1-7H,8,13-15H2. The van der Waals surface area contributed by atoms with Crippen LogP contribution in [0.15, 0.2) is 53.9 Å². The second kappa shape index (κ2) is 3.90. The average Bonchev–Trinajstić information content (AvgIpc) is 2.15. The Morgan fingerprint density at radius 3 is 2.44 bits per heavy atom. The van der Waals surface area contributed by atoms with Crippen LogP contribution in [0.1, 0.15) is 6.42 Å². The Labute approximate surface area is 94.4 Å². The Morgan fingerprint density at radius 1 is 1.12 bits per heavy atom. The van der Waals surface area contributed by atoms with E-state index in [1.165, 1.54) is 0 Å². The van der Waals surface area contributed by atoms with Crippen LogP contribution >= 0.6 is 0 Å².